The molecule has 2 N–H and O–H groups in total. The second-order valence-corrected chi connectivity index (χ2v) is 7.08. The van der Waals surface area contributed by atoms with Crippen molar-refractivity contribution in [3.05, 3.63) is 23.8 Å². The highest BCUT2D eigenvalue weighted by atomic mass is 32.2. The summed E-state index contributed by atoms with van der Waals surface area (Å²) in [6, 6.07) is 6.91. The molecule has 0 bridgehead atoms. The maximum Gasteiger partial charge on any atom is 0.179 e. The van der Waals surface area contributed by atoms with Gasteiger partial charge in [0.25, 0.3) is 0 Å². The standard InChI is InChI=1S/C13H16N2O2S/c1-10-8-11(15)2-3-12(10)18(16,17)9-13(4-5-13)6-7-14/h2-3,8H,4-6,9,15H2,1H3. The van der Waals surface area contributed by atoms with Gasteiger partial charge in [-0.2, -0.15) is 5.26 Å². The van der Waals surface area contributed by atoms with Crippen LogP contribution in [0.3, 0.4) is 0 Å². The third kappa shape index (κ3) is 2.49. The van der Waals surface area contributed by atoms with Crippen molar-refractivity contribution in [1.82, 2.24) is 0 Å². The number of nitrogens with two attached hydrogens (primary N) is 1. The molecule has 4 nitrogen and oxygen atoms in total. The molecule has 2 rings (SSSR count). The predicted octanol–water partition coefficient (Wildman–Crippen LogP) is 2.04. The fourth-order valence-corrected chi connectivity index (χ4v) is 4.40. The van der Waals surface area contributed by atoms with Crippen LogP contribution in [0.25, 0.3) is 0 Å². The van der Waals surface area contributed by atoms with E-state index in [4.69, 9.17) is 11.0 Å². The molecule has 0 radical (unpaired) electrons. The number of aryl methyl sites for hydroxylation is 1. The number of nitriles is 1. The Balaban J connectivity index is 2.29. The Morgan fingerprint density at radius 1 is 1.44 bits per heavy atom. The molecule has 1 aliphatic carbocycles. The van der Waals surface area contributed by atoms with Gasteiger partial charge in [0.15, 0.2) is 9.84 Å². The summed E-state index contributed by atoms with van der Waals surface area (Å²) in [5.41, 5.74) is 6.55. The van der Waals surface area contributed by atoms with Crippen LogP contribution >= 0.6 is 0 Å². The van der Waals surface area contributed by atoms with Crippen LogP contribution in [-0.4, -0.2) is 14.2 Å². The maximum absolute atomic E-state index is 12.3. The summed E-state index contributed by atoms with van der Waals surface area (Å²) in [4.78, 5) is 0.334. The summed E-state index contributed by atoms with van der Waals surface area (Å²) in [5.74, 6) is 0.0678. The highest BCUT2D eigenvalue weighted by Gasteiger charge is 2.46. The van der Waals surface area contributed by atoms with Crippen LogP contribution in [0.5, 0.6) is 0 Å². The quantitative estimate of drug-likeness (QED) is 0.843. The van der Waals surface area contributed by atoms with Gasteiger partial charge in [-0.3, -0.25) is 0 Å². The van der Waals surface area contributed by atoms with Gasteiger partial charge >= 0.3 is 0 Å². The second kappa shape index (κ2) is 4.29. The molecule has 0 atom stereocenters. The summed E-state index contributed by atoms with van der Waals surface area (Å²) in [7, 11) is -3.33. The zero-order valence-electron chi connectivity index (χ0n) is 10.3. The lowest BCUT2D eigenvalue weighted by molar-refractivity contribution is 0.547. The average molecular weight is 264 g/mol. The van der Waals surface area contributed by atoms with Gasteiger partial charge in [-0.05, 0) is 48.9 Å². The van der Waals surface area contributed by atoms with Crippen LogP contribution in [0.15, 0.2) is 23.1 Å². The molecular formula is C13H16N2O2S. The zero-order chi connectivity index (χ0) is 13.4. The third-order valence-corrected chi connectivity index (χ3v) is 5.56. The third-order valence-electron chi connectivity index (χ3n) is 3.44. The van der Waals surface area contributed by atoms with Crippen molar-refractivity contribution in [2.24, 2.45) is 5.41 Å². The molecule has 0 spiro atoms. The second-order valence-electron chi connectivity index (χ2n) is 5.12. The average Bonchev–Trinajstić information content (AvgIpc) is 2.96. The highest BCUT2D eigenvalue weighted by Crippen LogP contribution is 2.50. The summed E-state index contributed by atoms with van der Waals surface area (Å²) in [5, 5.41) is 8.74. The molecule has 0 unspecified atom stereocenters. The van der Waals surface area contributed by atoms with Gasteiger partial charge in [0.05, 0.1) is 16.7 Å². The van der Waals surface area contributed by atoms with E-state index < -0.39 is 9.84 Å². The number of anilines is 1. The molecule has 0 heterocycles. The summed E-state index contributed by atoms with van der Waals surface area (Å²) in [6.45, 7) is 1.74. The molecule has 1 fully saturated rings. The van der Waals surface area contributed by atoms with Crippen LogP contribution in [0.2, 0.25) is 0 Å². The Bertz CT molecular complexity index is 610. The van der Waals surface area contributed by atoms with Crippen molar-refractivity contribution in [3.8, 4) is 6.07 Å². The molecule has 1 aromatic carbocycles. The van der Waals surface area contributed by atoms with E-state index in [2.05, 4.69) is 6.07 Å². The Morgan fingerprint density at radius 3 is 2.61 bits per heavy atom. The minimum Gasteiger partial charge on any atom is -0.399 e. The molecule has 1 aliphatic rings. The number of hydrogen-bond acceptors (Lipinski definition) is 4. The lowest BCUT2D eigenvalue weighted by atomic mass is 10.1. The smallest absolute Gasteiger partial charge is 0.179 e. The highest BCUT2D eigenvalue weighted by molar-refractivity contribution is 7.91. The van der Waals surface area contributed by atoms with Crippen molar-refractivity contribution in [2.45, 2.75) is 31.1 Å². The molecule has 0 aromatic heterocycles. The molecule has 0 saturated heterocycles. The van der Waals surface area contributed by atoms with Crippen LogP contribution in [0, 0.1) is 23.7 Å². The van der Waals surface area contributed by atoms with Gasteiger partial charge in [0, 0.05) is 12.1 Å². The first kappa shape index (κ1) is 12.9. The number of nitrogens with zero attached hydrogens (tertiary/aromatic N) is 1. The lowest BCUT2D eigenvalue weighted by Gasteiger charge is -2.13. The van der Waals surface area contributed by atoms with E-state index in [0.29, 0.717) is 22.6 Å². The topological polar surface area (TPSA) is 84.0 Å². The van der Waals surface area contributed by atoms with Gasteiger partial charge in [0.1, 0.15) is 0 Å². The van der Waals surface area contributed by atoms with Gasteiger partial charge in [-0.25, -0.2) is 8.42 Å². The van der Waals surface area contributed by atoms with Crippen molar-refractivity contribution < 1.29 is 8.42 Å². The number of hydrogen-bond donors (Lipinski definition) is 1. The van der Waals surface area contributed by atoms with Gasteiger partial charge in [-0.15, -0.1) is 0 Å². The van der Waals surface area contributed by atoms with E-state index in [1.165, 1.54) is 0 Å². The van der Waals surface area contributed by atoms with Gasteiger partial charge in [-0.1, -0.05) is 0 Å². The Kier molecular flexibility index (Phi) is 3.07. The molecule has 96 valence electrons. The van der Waals surface area contributed by atoms with Crippen molar-refractivity contribution in [1.29, 1.82) is 5.26 Å². The molecule has 18 heavy (non-hydrogen) atoms. The SMILES string of the molecule is Cc1cc(N)ccc1S(=O)(=O)CC1(CC#N)CC1. The minimum atomic E-state index is -3.33. The summed E-state index contributed by atoms with van der Waals surface area (Å²) in [6.07, 6.45) is 1.97. The van der Waals surface area contributed by atoms with Gasteiger partial charge in [0.2, 0.25) is 0 Å². The number of benzene rings is 1. The predicted molar refractivity (Wildman–Crippen MR) is 69.5 cm³/mol. The monoisotopic (exact) mass is 264 g/mol. The van der Waals surface area contributed by atoms with Crippen LogP contribution in [0.1, 0.15) is 24.8 Å². The molecule has 1 aromatic rings. The van der Waals surface area contributed by atoms with Crippen molar-refractivity contribution in [3.63, 3.8) is 0 Å². The van der Waals surface area contributed by atoms with Crippen LogP contribution in [-0.2, 0) is 9.84 Å². The van der Waals surface area contributed by atoms with E-state index in [1.807, 2.05) is 0 Å². The van der Waals surface area contributed by atoms with E-state index in [9.17, 15) is 8.42 Å². The van der Waals surface area contributed by atoms with Crippen LogP contribution < -0.4 is 5.73 Å². The van der Waals surface area contributed by atoms with Crippen LogP contribution in [0.4, 0.5) is 5.69 Å². The number of rotatable bonds is 4. The van der Waals surface area contributed by atoms with E-state index in [0.717, 1.165) is 12.8 Å². The Hall–Kier alpha value is -1.54. The van der Waals surface area contributed by atoms with E-state index in [1.54, 1.807) is 25.1 Å². The van der Waals surface area contributed by atoms with E-state index in [-0.39, 0.29) is 11.2 Å². The Morgan fingerprint density at radius 2 is 2.11 bits per heavy atom. The minimum absolute atomic E-state index is 0.0678. The fourth-order valence-electron chi connectivity index (χ4n) is 2.22. The van der Waals surface area contributed by atoms with Crippen molar-refractivity contribution in [2.75, 3.05) is 11.5 Å². The normalized spacial score (nSPS) is 17.1. The number of nitrogen functional groups attached to an aromatic ring is 1. The Labute approximate surface area is 107 Å². The maximum atomic E-state index is 12.3. The fraction of sp³-hybridized carbons (Fsp3) is 0.462. The summed E-state index contributed by atoms with van der Waals surface area (Å²) < 4.78 is 24.7. The molecule has 1 saturated carbocycles. The first-order valence-corrected chi connectivity index (χ1v) is 7.50. The first-order chi connectivity index (χ1) is 8.38. The largest absolute Gasteiger partial charge is 0.399 e. The van der Waals surface area contributed by atoms with Crippen molar-refractivity contribution >= 4 is 15.5 Å². The first-order valence-electron chi connectivity index (χ1n) is 5.84. The number of sulfone groups is 1. The zero-order valence-corrected chi connectivity index (χ0v) is 11.1. The van der Waals surface area contributed by atoms with E-state index >= 15 is 0 Å². The molecule has 0 amide bonds. The molecular weight excluding hydrogens is 248 g/mol. The van der Waals surface area contributed by atoms with Gasteiger partial charge < -0.3 is 5.73 Å². The lowest BCUT2D eigenvalue weighted by Crippen LogP contribution is -2.18. The molecule has 0 aliphatic heterocycles. The molecule has 5 heteroatoms. The summed E-state index contributed by atoms with van der Waals surface area (Å²) >= 11 is 0.